The maximum atomic E-state index is 13.3. The number of benzene rings is 3. The number of nitrogens with one attached hydrogen (secondary N) is 1. The van der Waals surface area contributed by atoms with Gasteiger partial charge in [0.15, 0.2) is 0 Å². The lowest BCUT2D eigenvalue weighted by Crippen LogP contribution is -2.38. The maximum Gasteiger partial charge on any atom is 0.264 e. The number of amides is 1. The third kappa shape index (κ3) is 4.90. The lowest BCUT2D eigenvalue weighted by Gasteiger charge is -2.25. The Balaban J connectivity index is 1.98. The van der Waals surface area contributed by atoms with Crippen molar-refractivity contribution in [1.82, 2.24) is 0 Å². The minimum absolute atomic E-state index is 0.0377. The van der Waals surface area contributed by atoms with Gasteiger partial charge in [-0.15, -0.1) is 0 Å². The number of aryl methyl sites for hydroxylation is 1. The van der Waals surface area contributed by atoms with E-state index in [9.17, 15) is 13.2 Å². The van der Waals surface area contributed by atoms with Crippen molar-refractivity contribution in [1.29, 1.82) is 0 Å². The number of hydrogen-bond acceptors (Lipinski definition) is 3. The van der Waals surface area contributed by atoms with Crippen LogP contribution in [0, 0.1) is 6.92 Å². The van der Waals surface area contributed by atoms with Crippen molar-refractivity contribution < 1.29 is 13.2 Å². The molecule has 3 aromatic rings. The number of anilines is 2. The van der Waals surface area contributed by atoms with Crippen LogP contribution in [0.3, 0.4) is 0 Å². The van der Waals surface area contributed by atoms with Crippen molar-refractivity contribution in [2.45, 2.75) is 11.8 Å². The molecular weight excluding hydrogens is 431 g/mol. The van der Waals surface area contributed by atoms with Gasteiger partial charge < -0.3 is 5.32 Å². The van der Waals surface area contributed by atoms with Gasteiger partial charge >= 0.3 is 0 Å². The van der Waals surface area contributed by atoms with E-state index in [1.54, 1.807) is 55.5 Å². The molecule has 29 heavy (non-hydrogen) atoms. The summed E-state index contributed by atoms with van der Waals surface area (Å²) in [5, 5.41) is 3.45. The monoisotopic (exact) mass is 448 g/mol. The Morgan fingerprint density at radius 3 is 2.21 bits per heavy atom. The predicted molar refractivity (Wildman–Crippen MR) is 117 cm³/mol. The van der Waals surface area contributed by atoms with Crippen LogP contribution >= 0.6 is 23.2 Å². The average Bonchev–Trinajstić information content (AvgIpc) is 2.69. The summed E-state index contributed by atoms with van der Waals surface area (Å²) in [6.07, 6.45) is 0. The average molecular weight is 449 g/mol. The Kier molecular flexibility index (Phi) is 6.47. The first-order valence-corrected chi connectivity index (χ1v) is 10.9. The second-order valence-electron chi connectivity index (χ2n) is 6.28. The van der Waals surface area contributed by atoms with Gasteiger partial charge in [0, 0.05) is 5.02 Å². The van der Waals surface area contributed by atoms with Crippen LogP contribution in [0.4, 0.5) is 11.4 Å². The van der Waals surface area contributed by atoms with E-state index in [2.05, 4.69) is 5.32 Å². The summed E-state index contributed by atoms with van der Waals surface area (Å²) in [6, 6.07) is 19.5. The minimum atomic E-state index is -4.01. The number of rotatable bonds is 6. The molecule has 3 aromatic carbocycles. The van der Waals surface area contributed by atoms with E-state index < -0.39 is 22.5 Å². The molecule has 0 aliphatic heterocycles. The largest absolute Gasteiger partial charge is 0.323 e. The van der Waals surface area contributed by atoms with E-state index in [0.29, 0.717) is 21.4 Å². The molecule has 8 heteroatoms. The van der Waals surface area contributed by atoms with Crippen LogP contribution in [-0.4, -0.2) is 20.9 Å². The van der Waals surface area contributed by atoms with Crippen LogP contribution in [-0.2, 0) is 14.8 Å². The van der Waals surface area contributed by atoms with E-state index >= 15 is 0 Å². The van der Waals surface area contributed by atoms with Crippen LogP contribution in [0.5, 0.6) is 0 Å². The van der Waals surface area contributed by atoms with Gasteiger partial charge in [0.05, 0.1) is 21.3 Å². The van der Waals surface area contributed by atoms with Crippen molar-refractivity contribution in [2.24, 2.45) is 0 Å². The summed E-state index contributed by atoms with van der Waals surface area (Å²) in [4.78, 5) is 12.7. The molecular formula is C21H18Cl2N2O3S. The van der Waals surface area contributed by atoms with Gasteiger partial charge in [-0.2, -0.15) is 0 Å². The van der Waals surface area contributed by atoms with E-state index in [1.165, 1.54) is 24.3 Å². The van der Waals surface area contributed by atoms with Gasteiger partial charge in [-0.3, -0.25) is 9.10 Å². The highest BCUT2D eigenvalue weighted by Crippen LogP contribution is 2.28. The lowest BCUT2D eigenvalue weighted by molar-refractivity contribution is -0.114. The lowest BCUT2D eigenvalue weighted by atomic mass is 10.2. The summed E-state index contributed by atoms with van der Waals surface area (Å²) in [6.45, 7) is 1.37. The molecule has 0 atom stereocenters. The summed E-state index contributed by atoms with van der Waals surface area (Å²) >= 11 is 12.0. The van der Waals surface area contributed by atoms with Crippen LogP contribution in [0.2, 0.25) is 10.0 Å². The van der Waals surface area contributed by atoms with Crippen LogP contribution in [0.1, 0.15) is 5.56 Å². The number of nitrogens with zero attached hydrogens (tertiary/aromatic N) is 1. The minimum Gasteiger partial charge on any atom is -0.323 e. The number of carbonyl (C=O) groups is 1. The molecule has 0 spiro atoms. The smallest absolute Gasteiger partial charge is 0.264 e. The SMILES string of the molecule is Cc1ccccc1N(CC(=O)Nc1ccccc1Cl)S(=O)(=O)c1ccc(Cl)cc1. The molecule has 0 unspecified atom stereocenters. The van der Waals surface area contributed by atoms with Gasteiger partial charge in [-0.05, 0) is 55.0 Å². The molecule has 5 nitrogen and oxygen atoms in total. The third-order valence-corrected chi connectivity index (χ3v) is 6.58. The van der Waals surface area contributed by atoms with Gasteiger partial charge in [-0.1, -0.05) is 53.5 Å². The van der Waals surface area contributed by atoms with Gasteiger partial charge in [0.25, 0.3) is 10.0 Å². The Morgan fingerprint density at radius 1 is 0.931 bits per heavy atom. The number of carbonyl (C=O) groups excluding carboxylic acids is 1. The molecule has 0 saturated carbocycles. The van der Waals surface area contributed by atoms with Crippen molar-refractivity contribution in [3.8, 4) is 0 Å². The second kappa shape index (κ2) is 8.86. The molecule has 3 rings (SSSR count). The van der Waals surface area contributed by atoms with Crippen LogP contribution in [0.25, 0.3) is 0 Å². The van der Waals surface area contributed by atoms with E-state index in [-0.39, 0.29) is 4.90 Å². The molecule has 0 heterocycles. The molecule has 0 aliphatic rings. The fraction of sp³-hybridized carbons (Fsp3) is 0.0952. The standard InChI is InChI=1S/C21H18Cl2N2O3S/c1-15-6-2-5-9-20(15)25(29(27,28)17-12-10-16(22)11-13-17)14-21(26)24-19-8-4-3-7-18(19)23/h2-13H,14H2,1H3,(H,24,26). The zero-order valence-electron chi connectivity index (χ0n) is 15.5. The first-order chi connectivity index (χ1) is 13.8. The second-order valence-corrected chi connectivity index (χ2v) is 8.99. The molecule has 0 radical (unpaired) electrons. The Labute approximate surface area is 179 Å². The molecule has 0 bridgehead atoms. The maximum absolute atomic E-state index is 13.3. The molecule has 0 saturated heterocycles. The highest BCUT2D eigenvalue weighted by atomic mass is 35.5. The van der Waals surface area contributed by atoms with Gasteiger partial charge in [-0.25, -0.2) is 8.42 Å². The molecule has 150 valence electrons. The number of sulfonamides is 1. The summed E-state index contributed by atoms with van der Waals surface area (Å²) < 4.78 is 27.7. The zero-order chi connectivity index (χ0) is 21.0. The molecule has 0 aromatic heterocycles. The Bertz CT molecular complexity index is 1130. The van der Waals surface area contributed by atoms with E-state index in [0.717, 1.165) is 9.87 Å². The fourth-order valence-electron chi connectivity index (χ4n) is 2.76. The third-order valence-electron chi connectivity index (χ3n) is 4.22. The Hall–Kier alpha value is -2.54. The number of para-hydroxylation sites is 2. The fourth-order valence-corrected chi connectivity index (χ4v) is 4.55. The first-order valence-electron chi connectivity index (χ1n) is 8.67. The summed E-state index contributed by atoms with van der Waals surface area (Å²) in [7, 11) is -4.01. The summed E-state index contributed by atoms with van der Waals surface area (Å²) in [5.74, 6) is -0.515. The van der Waals surface area contributed by atoms with Crippen molar-refractivity contribution in [3.63, 3.8) is 0 Å². The predicted octanol–water partition coefficient (Wildman–Crippen LogP) is 5.14. The summed E-state index contributed by atoms with van der Waals surface area (Å²) in [5.41, 5.74) is 1.54. The Morgan fingerprint density at radius 2 is 1.55 bits per heavy atom. The molecule has 0 fully saturated rings. The van der Waals surface area contributed by atoms with Gasteiger partial charge in [0.2, 0.25) is 5.91 Å². The zero-order valence-corrected chi connectivity index (χ0v) is 17.8. The topological polar surface area (TPSA) is 66.5 Å². The first kappa shape index (κ1) is 21.2. The van der Waals surface area contributed by atoms with Crippen LogP contribution < -0.4 is 9.62 Å². The quantitative estimate of drug-likeness (QED) is 0.567. The van der Waals surface area contributed by atoms with E-state index in [1.807, 2.05) is 0 Å². The molecule has 0 aliphatic carbocycles. The highest BCUT2D eigenvalue weighted by molar-refractivity contribution is 7.92. The van der Waals surface area contributed by atoms with Crippen molar-refractivity contribution in [2.75, 3.05) is 16.2 Å². The van der Waals surface area contributed by atoms with Crippen molar-refractivity contribution in [3.05, 3.63) is 88.4 Å². The molecule has 1 amide bonds. The highest BCUT2D eigenvalue weighted by Gasteiger charge is 2.28. The molecule has 1 N–H and O–H groups in total. The van der Waals surface area contributed by atoms with Crippen molar-refractivity contribution >= 4 is 50.5 Å². The van der Waals surface area contributed by atoms with Crippen LogP contribution in [0.15, 0.2) is 77.7 Å². The van der Waals surface area contributed by atoms with Gasteiger partial charge in [0.1, 0.15) is 6.54 Å². The number of halogens is 2. The normalized spacial score (nSPS) is 11.1. The number of hydrogen-bond donors (Lipinski definition) is 1. The van der Waals surface area contributed by atoms with E-state index in [4.69, 9.17) is 23.2 Å².